The average Bonchev–Trinajstić information content (AvgIpc) is 3.40. The van der Waals surface area contributed by atoms with Crippen LogP contribution in [0.4, 0.5) is 10.5 Å². The van der Waals surface area contributed by atoms with E-state index in [0.29, 0.717) is 23.0 Å². The predicted octanol–water partition coefficient (Wildman–Crippen LogP) is 4.19. The number of methoxy groups -OCH3 is 1. The first kappa shape index (κ1) is 16.7. The van der Waals surface area contributed by atoms with Crippen LogP contribution in [-0.4, -0.2) is 33.5 Å². The first-order valence-corrected chi connectivity index (χ1v) is 8.85. The highest BCUT2D eigenvalue weighted by Gasteiger charge is 2.33. The summed E-state index contributed by atoms with van der Waals surface area (Å²) in [5, 5.41) is 3.47. The van der Waals surface area contributed by atoms with Crippen molar-refractivity contribution in [3.8, 4) is 5.75 Å². The number of nitrogens with one attached hydrogen (secondary N) is 1. The molecule has 26 heavy (non-hydrogen) atoms. The SMILES string of the molecule is COc1ccc(Cl)cc1NC(=O)N(Cc1cnc2ccccn12)C1CC1. The van der Waals surface area contributed by atoms with Gasteiger partial charge < -0.3 is 19.4 Å². The van der Waals surface area contributed by atoms with Gasteiger partial charge in [0.25, 0.3) is 0 Å². The van der Waals surface area contributed by atoms with Crippen LogP contribution in [0, 0.1) is 0 Å². The van der Waals surface area contributed by atoms with Crippen molar-refractivity contribution in [2.75, 3.05) is 12.4 Å². The number of benzene rings is 1. The second kappa shape index (κ2) is 6.88. The number of amides is 2. The molecular weight excluding hydrogens is 352 g/mol. The van der Waals surface area contributed by atoms with E-state index in [1.54, 1.807) is 25.3 Å². The Hall–Kier alpha value is -2.73. The van der Waals surface area contributed by atoms with Crippen LogP contribution in [0.1, 0.15) is 18.5 Å². The maximum Gasteiger partial charge on any atom is 0.322 e. The van der Waals surface area contributed by atoms with Gasteiger partial charge in [-0.1, -0.05) is 17.7 Å². The summed E-state index contributed by atoms with van der Waals surface area (Å²) in [4.78, 5) is 19.2. The molecule has 4 rings (SSSR count). The van der Waals surface area contributed by atoms with Crippen LogP contribution < -0.4 is 10.1 Å². The molecule has 0 bridgehead atoms. The molecule has 0 aliphatic heterocycles. The third-order valence-corrected chi connectivity index (χ3v) is 4.71. The highest BCUT2D eigenvalue weighted by Crippen LogP contribution is 2.32. The monoisotopic (exact) mass is 370 g/mol. The van der Waals surface area contributed by atoms with E-state index in [2.05, 4.69) is 10.3 Å². The lowest BCUT2D eigenvalue weighted by Crippen LogP contribution is -2.36. The van der Waals surface area contributed by atoms with Gasteiger partial charge in [0, 0.05) is 17.3 Å². The van der Waals surface area contributed by atoms with Gasteiger partial charge in [0.05, 0.1) is 31.2 Å². The Bertz CT molecular complexity index is 952. The molecule has 6 nitrogen and oxygen atoms in total. The Labute approximate surface area is 156 Å². The molecule has 0 spiro atoms. The standard InChI is InChI=1S/C19H19ClN4O2/c1-26-17-8-5-13(20)10-16(17)22-19(25)24(14-6-7-14)12-15-11-21-18-4-2-3-9-23(15)18/h2-5,8-11,14H,6-7,12H2,1H3,(H,22,25). The van der Waals surface area contributed by atoms with Gasteiger partial charge in [0.2, 0.25) is 0 Å². The molecule has 1 saturated carbocycles. The fourth-order valence-electron chi connectivity index (χ4n) is 2.99. The number of carbonyl (C=O) groups is 1. The van der Waals surface area contributed by atoms with Crippen molar-refractivity contribution in [1.29, 1.82) is 0 Å². The summed E-state index contributed by atoms with van der Waals surface area (Å²) in [6.07, 6.45) is 5.80. The Morgan fingerprint density at radius 1 is 1.38 bits per heavy atom. The molecule has 1 aliphatic rings. The minimum Gasteiger partial charge on any atom is -0.495 e. The molecule has 0 radical (unpaired) electrons. The highest BCUT2D eigenvalue weighted by molar-refractivity contribution is 6.31. The predicted molar refractivity (Wildman–Crippen MR) is 101 cm³/mol. The van der Waals surface area contributed by atoms with Gasteiger partial charge in [0.15, 0.2) is 0 Å². The third-order valence-electron chi connectivity index (χ3n) is 4.48. The maximum atomic E-state index is 12.9. The molecule has 0 saturated heterocycles. The number of pyridine rings is 1. The van der Waals surface area contributed by atoms with Gasteiger partial charge in [-0.2, -0.15) is 0 Å². The minimum absolute atomic E-state index is 0.168. The largest absolute Gasteiger partial charge is 0.495 e. The Morgan fingerprint density at radius 2 is 2.23 bits per heavy atom. The van der Waals surface area contributed by atoms with Crippen LogP contribution in [0.2, 0.25) is 5.02 Å². The van der Waals surface area contributed by atoms with E-state index in [9.17, 15) is 4.79 Å². The summed E-state index contributed by atoms with van der Waals surface area (Å²) in [5.41, 5.74) is 2.41. The van der Waals surface area contributed by atoms with Crippen LogP contribution in [0.5, 0.6) is 5.75 Å². The summed E-state index contributed by atoms with van der Waals surface area (Å²) in [6.45, 7) is 0.491. The molecule has 3 aromatic rings. The molecule has 1 aliphatic carbocycles. The molecule has 7 heteroatoms. The van der Waals surface area contributed by atoms with Crippen LogP contribution in [0.15, 0.2) is 48.8 Å². The van der Waals surface area contributed by atoms with E-state index >= 15 is 0 Å². The first-order valence-electron chi connectivity index (χ1n) is 8.48. The molecule has 2 heterocycles. The fourth-order valence-corrected chi connectivity index (χ4v) is 3.17. The van der Waals surface area contributed by atoms with Gasteiger partial charge in [-0.25, -0.2) is 9.78 Å². The Kier molecular flexibility index (Phi) is 4.42. The lowest BCUT2D eigenvalue weighted by molar-refractivity contribution is 0.205. The maximum absolute atomic E-state index is 12.9. The first-order chi connectivity index (χ1) is 12.7. The topological polar surface area (TPSA) is 58.9 Å². The lowest BCUT2D eigenvalue weighted by atomic mass is 10.3. The fraction of sp³-hybridized carbons (Fsp3) is 0.263. The quantitative estimate of drug-likeness (QED) is 0.732. The molecule has 0 atom stereocenters. The molecular formula is C19H19ClN4O2. The van der Waals surface area contributed by atoms with Gasteiger partial charge in [-0.05, 0) is 43.2 Å². The average molecular weight is 371 g/mol. The number of halogens is 1. The lowest BCUT2D eigenvalue weighted by Gasteiger charge is -2.23. The van der Waals surface area contributed by atoms with Crippen molar-refractivity contribution < 1.29 is 9.53 Å². The van der Waals surface area contributed by atoms with Gasteiger partial charge in [-0.15, -0.1) is 0 Å². The van der Waals surface area contributed by atoms with Crippen molar-refractivity contribution >= 4 is 29.0 Å². The van der Waals surface area contributed by atoms with E-state index in [1.165, 1.54) is 0 Å². The van der Waals surface area contributed by atoms with Gasteiger partial charge in [0.1, 0.15) is 11.4 Å². The van der Waals surface area contributed by atoms with E-state index in [1.807, 2.05) is 39.9 Å². The van der Waals surface area contributed by atoms with E-state index < -0.39 is 0 Å². The van der Waals surface area contributed by atoms with Crippen molar-refractivity contribution in [2.45, 2.75) is 25.4 Å². The summed E-state index contributed by atoms with van der Waals surface area (Å²) in [7, 11) is 1.57. The number of hydrogen-bond acceptors (Lipinski definition) is 3. The van der Waals surface area contributed by atoms with Crippen LogP contribution in [-0.2, 0) is 6.54 Å². The van der Waals surface area contributed by atoms with Crippen molar-refractivity contribution in [3.63, 3.8) is 0 Å². The Morgan fingerprint density at radius 3 is 3.00 bits per heavy atom. The number of rotatable bonds is 5. The number of urea groups is 1. The van der Waals surface area contributed by atoms with Crippen molar-refractivity contribution in [1.82, 2.24) is 14.3 Å². The minimum atomic E-state index is -0.168. The van der Waals surface area contributed by atoms with Gasteiger partial charge >= 0.3 is 6.03 Å². The summed E-state index contributed by atoms with van der Waals surface area (Å²) in [6, 6.07) is 11.1. The molecule has 1 aromatic carbocycles. The van der Waals surface area contributed by atoms with E-state index in [4.69, 9.17) is 16.3 Å². The molecule has 2 amide bonds. The number of imidazole rings is 1. The number of ether oxygens (including phenoxy) is 1. The Balaban J connectivity index is 1.57. The zero-order valence-electron chi connectivity index (χ0n) is 14.4. The number of carbonyl (C=O) groups excluding carboxylic acids is 1. The number of hydrogen-bond donors (Lipinski definition) is 1. The summed E-state index contributed by atoms with van der Waals surface area (Å²) >= 11 is 6.06. The van der Waals surface area contributed by atoms with Crippen molar-refractivity contribution in [3.05, 3.63) is 59.5 Å². The molecule has 1 N–H and O–H groups in total. The normalized spacial score (nSPS) is 13.6. The molecule has 2 aromatic heterocycles. The highest BCUT2D eigenvalue weighted by atomic mass is 35.5. The van der Waals surface area contributed by atoms with Crippen LogP contribution in [0.3, 0.4) is 0 Å². The third kappa shape index (κ3) is 3.32. The zero-order chi connectivity index (χ0) is 18.1. The smallest absolute Gasteiger partial charge is 0.322 e. The van der Waals surface area contributed by atoms with Gasteiger partial charge in [-0.3, -0.25) is 0 Å². The molecule has 134 valence electrons. The number of nitrogens with zero attached hydrogens (tertiary/aromatic N) is 3. The van der Waals surface area contributed by atoms with Crippen molar-refractivity contribution in [2.24, 2.45) is 0 Å². The second-order valence-electron chi connectivity index (χ2n) is 6.31. The number of fused-ring (bicyclic) bond motifs is 1. The van der Waals surface area contributed by atoms with Crippen LogP contribution in [0.25, 0.3) is 5.65 Å². The second-order valence-corrected chi connectivity index (χ2v) is 6.75. The molecule has 1 fully saturated rings. The summed E-state index contributed by atoms with van der Waals surface area (Å²) < 4.78 is 7.32. The number of anilines is 1. The van der Waals surface area contributed by atoms with E-state index in [0.717, 1.165) is 24.2 Å². The molecule has 0 unspecified atom stereocenters. The zero-order valence-corrected chi connectivity index (χ0v) is 15.1. The van der Waals surface area contributed by atoms with E-state index in [-0.39, 0.29) is 12.1 Å². The number of aromatic nitrogens is 2. The summed E-state index contributed by atoms with van der Waals surface area (Å²) in [5.74, 6) is 0.577. The van der Waals surface area contributed by atoms with Crippen LogP contribution >= 0.6 is 11.6 Å².